The van der Waals surface area contributed by atoms with Crippen LogP contribution in [0.25, 0.3) is 0 Å². The van der Waals surface area contributed by atoms with Crippen molar-refractivity contribution in [3.63, 3.8) is 0 Å². The zero-order chi connectivity index (χ0) is 14.7. The van der Waals surface area contributed by atoms with Gasteiger partial charge in [0.05, 0.1) is 23.7 Å². The molecule has 0 spiro atoms. The van der Waals surface area contributed by atoms with E-state index >= 15 is 0 Å². The van der Waals surface area contributed by atoms with E-state index in [4.69, 9.17) is 15.2 Å². The van der Waals surface area contributed by atoms with E-state index in [9.17, 15) is 4.79 Å². The predicted octanol–water partition coefficient (Wildman–Crippen LogP) is 2.50. The average Bonchev–Trinajstić information content (AvgIpc) is 2.65. The summed E-state index contributed by atoms with van der Waals surface area (Å²) in [6.45, 7) is 10.8. The highest BCUT2D eigenvalue weighted by molar-refractivity contribution is 5.77. The SMILES string of the molecule is CCOC(=O)C(CN)(CC1CCC(C)(C)O1)C(C)C. The summed E-state index contributed by atoms with van der Waals surface area (Å²) in [5.74, 6) is -0.0373. The largest absolute Gasteiger partial charge is 0.466 e. The molecule has 1 aliphatic rings. The Morgan fingerprint density at radius 2 is 2.16 bits per heavy atom. The summed E-state index contributed by atoms with van der Waals surface area (Å²) < 4.78 is 11.3. The molecule has 2 unspecified atom stereocenters. The highest BCUT2D eigenvalue weighted by Gasteiger charge is 2.46. The highest BCUT2D eigenvalue weighted by Crippen LogP contribution is 2.40. The topological polar surface area (TPSA) is 61.5 Å². The van der Waals surface area contributed by atoms with E-state index in [0.29, 0.717) is 19.6 Å². The van der Waals surface area contributed by atoms with Crippen LogP contribution < -0.4 is 5.73 Å². The van der Waals surface area contributed by atoms with Gasteiger partial charge < -0.3 is 15.2 Å². The molecule has 1 fully saturated rings. The van der Waals surface area contributed by atoms with E-state index in [1.165, 1.54) is 0 Å². The lowest BCUT2D eigenvalue weighted by atomic mass is 9.72. The molecule has 0 amide bonds. The zero-order valence-corrected chi connectivity index (χ0v) is 13.0. The Bertz CT molecular complexity index is 315. The number of hydrogen-bond acceptors (Lipinski definition) is 4. The van der Waals surface area contributed by atoms with Gasteiger partial charge in [-0.1, -0.05) is 13.8 Å². The van der Waals surface area contributed by atoms with Crippen LogP contribution in [0.15, 0.2) is 0 Å². The minimum Gasteiger partial charge on any atom is -0.466 e. The van der Waals surface area contributed by atoms with Crippen molar-refractivity contribution < 1.29 is 14.3 Å². The molecule has 2 atom stereocenters. The van der Waals surface area contributed by atoms with Gasteiger partial charge in [0, 0.05) is 6.54 Å². The zero-order valence-electron chi connectivity index (χ0n) is 13.0. The van der Waals surface area contributed by atoms with Gasteiger partial charge in [0.2, 0.25) is 0 Å². The van der Waals surface area contributed by atoms with E-state index in [1.54, 1.807) is 0 Å². The van der Waals surface area contributed by atoms with E-state index < -0.39 is 5.41 Å². The van der Waals surface area contributed by atoms with Gasteiger partial charge in [0.15, 0.2) is 0 Å². The smallest absolute Gasteiger partial charge is 0.313 e. The van der Waals surface area contributed by atoms with E-state index in [-0.39, 0.29) is 23.6 Å². The number of ether oxygens (including phenoxy) is 2. The van der Waals surface area contributed by atoms with Gasteiger partial charge in [0.25, 0.3) is 0 Å². The van der Waals surface area contributed by atoms with Crippen LogP contribution in [0.3, 0.4) is 0 Å². The molecule has 1 rings (SSSR count). The van der Waals surface area contributed by atoms with Crippen molar-refractivity contribution in [2.45, 2.75) is 65.6 Å². The first-order valence-corrected chi connectivity index (χ1v) is 7.32. The fourth-order valence-electron chi connectivity index (χ4n) is 2.86. The first-order valence-electron chi connectivity index (χ1n) is 7.32. The number of carbonyl (C=O) groups excluding carboxylic acids is 1. The summed E-state index contributed by atoms with van der Waals surface area (Å²) in [5, 5.41) is 0. The number of esters is 1. The van der Waals surface area contributed by atoms with Crippen LogP contribution in [0.2, 0.25) is 0 Å². The lowest BCUT2D eigenvalue weighted by Gasteiger charge is -2.36. The number of carbonyl (C=O) groups is 1. The monoisotopic (exact) mass is 271 g/mol. The molecule has 0 aliphatic carbocycles. The van der Waals surface area contributed by atoms with Gasteiger partial charge in [-0.3, -0.25) is 4.79 Å². The van der Waals surface area contributed by atoms with Crippen molar-refractivity contribution >= 4 is 5.97 Å². The Labute approximate surface area is 117 Å². The summed E-state index contributed by atoms with van der Waals surface area (Å²) in [6.07, 6.45) is 2.77. The highest BCUT2D eigenvalue weighted by atomic mass is 16.5. The van der Waals surface area contributed by atoms with Crippen molar-refractivity contribution in [2.75, 3.05) is 13.2 Å². The Morgan fingerprint density at radius 1 is 1.53 bits per heavy atom. The summed E-state index contributed by atoms with van der Waals surface area (Å²) in [4.78, 5) is 12.3. The van der Waals surface area contributed by atoms with Gasteiger partial charge >= 0.3 is 5.97 Å². The number of nitrogens with two attached hydrogens (primary N) is 1. The van der Waals surface area contributed by atoms with Crippen LogP contribution in [0.1, 0.15) is 53.9 Å². The predicted molar refractivity (Wildman–Crippen MR) is 75.8 cm³/mol. The third kappa shape index (κ3) is 3.69. The van der Waals surface area contributed by atoms with E-state index in [2.05, 4.69) is 13.8 Å². The van der Waals surface area contributed by atoms with Crippen molar-refractivity contribution in [1.29, 1.82) is 0 Å². The van der Waals surface area contributed by atoms with Crippen molar-refractivity contribution in [2.24, 2.45) is 17.1 Å². The van der Waals surface area contributed by atoms with Crippen LogP contribution in [0.5, 0.6) is 0 Å². The Hall–Kier alpha value is -0.610. The van der Waals surface area contributed by atoms with Gasteiger partial charge in [-0.15, -0.1) is 0 Å². The third-order valence-corrected chi connectivity index (χ3v) is 4.30. The maximum Gasteiger partial charge on any atom is 0.313 e. The fraction of sp³-hybridized carbons (Fsp3) is 0.933. The molecule has 4 nitrogen and oxygen atoms in total. The molecular weight excluding hydrogens is 242 g/mol. The van der Waals surface area contributed by atoms with Crippen LogP contribution in [-0.2, 0) is 14.3 Å². The maximum atomic E-state index is 12.3. The van der Waals surface area contributed by atoms with Crippen molar-refractivity contribution in [3.05, 3.63) is 0 Å². The Kier molecular flexibility index (Phi) is 5.39. The lowest BCUT2D eigenvalue weighted by Crippen LogP contribution is -2.46. The molecule has 0 aromatic carbocycles. The number of hydrogen-bond donors (Lipinski definition) is 1. The molecular formula is C15H29NO3. The molecule has 19 heavy (non-hydrogen) atoms. The third-order valence-electron chi connectivity index (χ3n) is 4.30. The molecule has 1 saturated heterocycles. The second kappa shape index (κ2) is 6.23. The maximum absolute atomic E-state index is 12.3. The minimum atomic E-state index is -0.624. The molecule has 1 aliphatic heterocycles. The van der Waals surface area contributed by atoms with Gasteiger partial charge in [-0.2, -0.15) is 0 Å². The molecule has 1 heterocycles. The molecule has 0 aromatic heterocycles. The summed E-state index contributed by atoms with van der Waals surface area (Å²) in [5.41, 5.74) is 5.22. The van der Waals surface area contributed by atoms with E-state index in [0.717, 1.165) is 12.8 Å². The van der Waals surface area contributed by atoms with Crippen LogP contribution in [-0.4, -0.2) is 30.8 Å². The van der Waals surface area contributed by atoms with Crippen molar-refractivity contribution in [3.8, 4) is 0 Å². The van der Waals surface area contributed by atoms with Crippen molar-refractivity contribution in [1.82, 2.24) is 0 Å². The Morgan fingerprint density at radius 3 is 2.53 bits per heavy atom. The van der Waals surface area contributed by atoms with Gasteiger partial charge in [-0.25, -0.2) is 0 Å². The van der Waals surface area contributed by atoms with Crippen LogP contribution in [0.4, 0.5) is 0 Å². The average molecular weight is 271 g/mol. The van der Waals surface area contributed by atoms with Crippen LogP contribution >= 0.6 is 0 Å². The summed E-state index contributed by atoms with van der Waals surface area (Å²) in [6, 6.07) is 0. The lowest BCUT2D eigenvalue weighted by molar-refractivity contribution is -0.161. The molecule has 0 saturated carbocycles. The normalized spacial score (nSPS) is 25.3. The molecule has 0 radical (unpaired) electrons. The minimum absolute atomic E-state index is 0.0867. The van der Waals surface area contributed by atoms with Crippen LogP contribution in [0, 0.1) is 11.3 Å². The number of rotatable bonds is 6. The second-order valence-electron chi connectivity index (χ2n) is 6.48. The first kappa shape index (κ1) is 16.4. The fourth-order valence-corrected chi connectivity index (χ4v) is 2.86. The Balaban J connectivity index is 2.83. The first-order chi connectivity index (χ1) is 8.77. The van der Waals surface area contributed by atoms with Gasteiger partial charge in [-0.05, 0) is 46.0 Å². The molecule has 2 N–H and O–H groups in total. The molecule has 4 heteroatoms. The summed E-state index contributed by atoms with van der Waals surface area (Å²) >= 11 is 0. The summed E-state index contributed by atoms with van der Waals surface area (Å²) in [7, 11) is 0. The molecule has 112 valence electrons. The molecule has 0 bridgehead atoms. The standard InChI is InChI=1S/C15H29NO3/c1-6-18-13(17)15(10-16,11(2)3)9-12-7-8-14(4,5)19-12/h11-12H,6-10,16H2,1-5H3. The quantitative estimate of drug-likeness (QED) is 0.754. The second-order valence-corrected chi connectivity index (χ2v) is 6.48. The van der Waals surface area contributed by atoms with Gasteiger partial charge in [0.1, 0.15) is 0 Å². The van der Waals surface area contributed by atoms with E-state index in [1.807, 2.05) is 20.8 Å². The molecule has 0 aromatic rings.